The minimum Gasteiger partial charge on any atom is -0.480 e. The highest BCUT2D eigenvalue weighted by molar-refractivity contribution is 9.10. The van der Waals surface area contributed by atoms with Crippen molar-refractivity contribution in [1.82, 2.24) is 5.32 Å². The van der Waals surface area contributed by atoms with Crippen LogP contribution in [0.15, 0.2) is 16.6 Å². The molecule has 1 aromatic rings. The molecule has 0 saturated heterocycles. The molecule has 2 amide bonds. The van der Waals surface area contributed by atoms with Crippen LogP contribution < -0.4 is 10.6 Å². The number of hydrogen-bond acceptors (Lipinski definition) is 3. The number of hydrogen-bond donors (Lipinski definition) is 3. The molecule has 1 unspecified atom stereocenters. The lowest BCUT2D eigenvalue weighted by atomic mass is 10.2. The summed E-state index contributed by atoms with van der Waals surface area (Å²) >= 11 is 4.31. The summed E-state index contributed by atoms with van der Waals surface area (Å²) in [6.07, 6.45) is 2.05. The molecular formula is C12H13BrF2N2O3S. The van der Waals surface area contributed by atoms with Crippen molar-refractivity contribution < 1.29 is 23.5 Å². The van der Waals surface area contributed by atoms with Crippen LogP contribution in [0.3, 0.4) is 0 Å². The molecule has 0 aliphatic heterocycles. The lowest BCUT2D eigenvalue weighted by molar-refractivity contribution is -0.139. The number of carboxylic acid groups (broad SMARTS) is 1. The van der Waals surface area contributed by atoms with Crippen molar-refractivity contribution in [3.8, 4) is 0 Å². The van der Waals surface area contributed by atoms with Gasteiger partial charge in [-0.3, -0.25) is 0 Å². The first-order valence-corrected chi connectivity index (χ1v) is 7.97. The third-order valence-corrected chi connectivity index (χ3v) is 3.72. The molecule has 116 valence electrons. The van der Waals surface area contributed by atoms with Crippen LogP contribution in [-0.2, 0) is 4.79 Å². The number of carbonyl (C=O) groups excluding carboxylic acids is 1. The fourth-order valence-corrected chi connectivity index (χ4v) is 2.24. The normalized spacial score (nSPS) is 11.8. The number of nitrogens with one attached hydrogen (secondary N) is 2. The fourth-order valence-electron chi connectivity index (χ4n) is 1.43. The molecule has 0 radical (unpaired) electrons. The highest BCUT2D eigenvalue weighted by Gasteiger charge is 2.20. The Morgan fingerprint density at radius 3 is 2.62 bits per heavy atom. The fraction of sp³-hybridized carbons (Fsp3) is 0.333. The summed E-state index contributed by atoms with van der Waals surface area (Å²) < 4.78 is 26.5. The molecule has 1 rings (SSSR count). The molecule has 1 atom stereocenters. The Labute approximate surface area is 132 Å². The molecule has 0 heterocycles. The van der Waals surface area contributed by atoms with Gasteiger partial charge in [0, 0.05) is 6.07 Å². The molecule has 21 heavy (non-hydrogen) atoms. The van der Waals surface area contributed by atoms with E-state index in [9.17, 15) is 18.4 Å². The highest BCUT2D eigenvalue weighted by atomic mass is 79.9. The zero-order valence-corrected chi connectivity index (χ0v) is 13.4. The van der Waals surface area contributed by atoms with Crippen molar-refractivity contribution >= 4 is 45.4 Å². The second-order valence-electron chi connectivity index (χ2n) is 4.02. The van der Waals surface area contributed by atoms with Crippen LogP contribution in [0.4, 0.5) is 19.3 Å². The Hall–Kier alpha value is -1.35. The van der Waals surface area contributed by atoms with Gasteiger partial charge in [-0.05, 0) is 40.4 Å². The maximum atomic E-state index is 13.5. The van der Waals surface area contributed by atoms with Crippen molar-refractivity contribution in [2.75, 3.05) is 17.3 Å². The number of amides is 2. The van der Waals surface area contributed by atoms with Crippen LogP contribution in [0.1, 0.15) is 6.42 Å². The molecule has 0 bridgehead atoms. The number of thioether (sulfide) groups is 1. The van der Waals surface area contributed by atoms with Gasteiger partial charge in [0.1, 0.15) is 17.7 Å². The summed E-state index contributed by atoms with van der Waals surface area (Å²) in [5.74, 6) is -2.39. The molecule has 3 N–H and O–H groups in total. The number of anilines is 1. The molecule has 0 aromatic heterocycles. The van der Waals surface area contributed by atoms with Crippen LogP contribution in [0.5, 0.6) is 0 Å². The molecule has 0 aliphatic carbocycles. The van der Waals surface area contributed by atoms with Crippen molar-refractivity contribution in [3.05, 3.63) is 28.2 Å². The topological polar surface area (TPSA) is 78.4 Å². The Bertz CT molecular complexity index is 545. The van der Waals surface area contributed by atoms with Gasteiger partial charge < -0.3 is 15.7 Å². The van der Waals surface area contributed by atoms with E-state index in [1.165, 1.54) is 11.8 Å². The molecular weight excluding hydrogens is 370 g/mol. The second-order valence-corrected chi connectivity index (χ2v) is 5.86. The highest BCUT2D eigenvalue weighted by Crippen LogP contribution is 2.23. The third kappa shape index (κ3) is 5.50. The lowest BCUT2D eigenvalue weighted by Gasteiger charge is -2.15. The van der Waals surface area contributed by atoms with Crippen molar-refractivity contribution in [2.24, 2.45) is 0 Å². The average Bonchev–Trinajstić information content (AvgIpc) is 2.40. The van der Waals surface area contributed by atoms with E-state index in [1.54, 1.807) is 0 Å². The molecule has 0 fully saturated rings. The predicted octanol–water partition coefficient (Wildman–Crippen LogP) is 3.06. The van der Waals surface area contributed by atoms with Gasteiger partial charge in [0.05, 0.1) is 10.2 Å². The van der Waals surface area contributed by atoms with Gasteiger partial charge in [-0.25, -0.2) is 18.4 Å². The Kier molecular flexibility index (Phi) is 6.90. The van der Waals surface area contributed by atoms with Crippen LogP contribution in [0, 0.1) is 11.6 Å². The molecule has 9 heteroatoms. The van der Waals surface area contributed by atoms with Crippen LogP contribution >= 0.6 is 27.7 Å². The SMILES string of the molecule is CSCCC(NC(=O)Nc1cc(Br)c(F)cc1F)C(=O)O. The van der Waals surface area contributed by atoms with E-state index in [4.69, 9.17) is 5.11 Å². The maximum Gasteiger partial charge on any atom is 0.326 e. The standard InChI is InChI=1S/C12H13BrF2N2O3S/c1-21-3-2-9(11(18)19)16-12(20)17-10-4-6(13)7(14)5-8(10)15/h4-5,9H,2-3H2,1H3,(H,18,19)(H2,16,17,20). The minimum atomic E-state index is -1.18. The van der Waals surface area contributed by atoms with Gasteiger partial charge in [-0.15, -0.1) is 0 Å². The van der Waals surface area contributed by atoms with Crippen LogP contribution in [-0.4, -0.2) is 35.2 Å². The van der Waals surface area contributed by atoms with Gasteiger partial charge in [-0.1, -0.05) is 0 Å². The first kappa shape index (κ1) is 17.7. The number of urea groups is 1. The number of aliphatic carboxylic acids is 1. The van der Waals surface area contributed by atoms with Crippen LogP contribution in [0.2, 0.25) is 0 Å². The Morgan fingerprint density at radius 1 is 1.38 bits per heavy atom. The predicted molar refractivity (Wildman–Crippen MR) is 80.6 cm³/mol. The number of halogens is 3. The van der Waals surface area contributed by atoms with Crippen molar-refractivity contribution in [3.63, 3.8) is 0 Å². The summed E-state index contributed by atoms with van der Waals surface area (Å²) in [5.41, 5.74) is -0.255. The Balaban J connectivity index is 2.72. The number of rotatable bonds is 6. The molecule has 0 spiro atoms. The van der Waals surface area contributed by atoms with E-state index < -0.39 is 29.7 Å². The largest absolute Gasteiger partial charge is 0.480 e. The van der Waals surface area contributed by atoms with E-state index in [-0.39, 0.29) is 16.6 Å². The molecule has 1 aromatic carbocycles. The quantitative estimate of drug-likeness (QED) is 0.660. The number of carboxylic acids is 1. The van der Waals surface area contributed by atoms with E-state index >= 15 is 0 Å². The van der Waals surface area contributed by atoms with E-state index in [0.29, 0.717) is 11.8 Å². The average molecular weight is 383 g/mol. The van der Waals surface area contributed by atoms with Crippen molar-refractivity contribution in [2.45, 2.75) is 12.5 Å². The summed E-state index contributed by atoms with van der Waals surface area (Å²) in [6, 6.07) is -0.283. The second kappa shape index (κ2) is 8.18. The van der Waals surface area contributed by atoms with Gasteiger partial charge >= 0.3 is 12.0 Å². The summed E-state index contributed by atoms with van der Waals surface area (Å²) in [5, 5.41) is 13.3. The molecule has 5 nitrogen and oxygen atoms in total. The Morgan fingerprint density at radius 2 is 2.05 bits per heavy atom. The molecule has 0 aliphatic rings. The maximum absolute atomic E-state index is 13.5. The summed E-state index contributed by atoms with van der Waals surface area (Å²) in [7, 11) is 0. The first-order valence-electron chi connectivity index (χ1n) is 5.79. The van der Waals surface area contributed by atoms with Gasteiger partial charge in [-0.2, -0.15) is 11.8 Å². The van der Waals surface area contributed by atoms with E-state index in [0.717, 1.165) is 6.07 Å². The monoisotopic (exact) mass is 382 g/mol. The summed E-state index contributed by atoms with van der Waals surface area (Å²) in [4.78, 5) is 22.6. The minimum absolute atomic E-state index is 0.0173. The first-order chi connectivity index (χ1) is 9.85. The number of carbonyl (C=O) groups is 2. The van der Waals surface area contributed by atoms with E-state index in [1.807, 2.05) is 6.26 Å². The van der Waals surface area contributed by atoms with Gasteiger partial charge in [0.15, 0.2) is 0 Å². The van der Waals surface area contributed by atoms with Crippen LogP contribution in [0.25, 0.3) is 0 Å². The smallest absolute Gasteiger partial charge is 0.326 e. The van der Waals surface area contributed by atoms with Crippen molar-refractivity contribution in [1.29, 1.82) is 0 Å². The lowest BCUT2D eigenvalue weighted by Crippen LogP contribution is -2.43. The zero-order valence-electron chi connectivity index (χ0n) is 11.0. The zero-order chi connectivity index (χ0) is 16.0. The van der Waals surface area contributed by atoms with Gasteiger partial charge in [0.25, 0.3) is 0 Å². The molecule has 0 saturated carbocycles. The third-order valence-electron chi connectivity index (χ3n) is 2.47. The van der Waals surface area contributed by atoms with E-state index in [2.05, 4.69) is 26.6 Å². The summed E-state index contributed by atoms with van der Waals surface area (Å²) in [6.45, 7) is 0. The van der Waals surface area contributed by atoms with Gasteiger partial charge in [0.2, 0.25) is 0 Å². The number of benzene rings is 1.